The molecule has 0 atom stereocenters. The van der Waals surface area contributed by atoms with Crippen LogP contribution in [0.25, 0.3) is 0 Å². The maximum Gasteiger partial charge on any atom is 0.125 e. The van der Waals surface area contributed by atoms with Crippen LogP contribution in [0.4, 0.5) is 10.1 Å². The number of hydrogen-bond donors (Lipinski definition) is 0. The Hall–Kier alpha value is -0.760. The minimum absolute atomic E-state index is 0.210. The summed E-state index contributed by atoms with van der Waals surface area (Å²) in [4.78, 5) is 2.15. The molecule has 3 heteroatoms. The second kappa shape index (κ2) is 5.96. The van der Waals surface area contributed by atoms with E-state index in [2.05, 4.69) is 18.7 Å². The Morgan fingerprint density at radius 1 is 1.27 bits per heavy atom. The van der Waals surface area contributed by atoms with Crippen molar-refractivity contribution in [1.29, 1.82) is 0 Å². The van der Waals surface area contributed by atoms with Gasteiger partial charge < -0.3 is 4.90 Å². The van der Waals surface area contributed by atoms with E-state index < -0.39 is 0 Å². The van der Waals surface area contributed by atoms with Crippen LogP contribution in [0.1, 0.15) is 25.8 Å². The van der Waals surface area contributed by atoms with Gasteiger partial charge in [0, 0.05) is 24.7 Å². The summed E-state index contributed by atoms with van der Waals surface area (Å²) in [7, 11) is 0. The van der Waals surface area contributed by atoms with Crippen LogP contribution >= 0.6 is 11.6 Å². The van der Waals surface area contributed by atoms with Gasteiger partial charge in [-0.15, -0.1) is 11.6 Å². The molecule has 0 N–H and O–H groups in total. The first-order valence-electron chi connectivity index (χ1n) is 5.31. The van der Waals surface area contributed by atoms with E-state index in [4.69, 9.17) is 11.6 Å². The molecule has 0 aliphatic heterocycles. The lowest BCUT2D eigenvalue weighted by atomic mass is 10.2. The number of hydrogen-bond acceptors (Lipinski definition) is 1. The third kappa shape index (κ3) is 3.38. The zero-order valence-corrected chi connectivity index (χ0v) is 10.0. The highest BCUT2D eigenvalue weighted by Crippen LogP contribution is 2.20. The molecule has 0 spiro atoms. The first-order valence-corrected chi connectivity index (χ1v) is 5.85. The number of anilines is 1. The summed E-state index contributed by atoms with van der Waals surface area (Å²) in [5.41, 5.74) is 1.76. The van der Waals surface area contributed by atoms with E-state index in [0.29, 0.717) is 5.88 Å². The van der Waals surface area contributed by atoms with Gasteiger partial charge in [-0.05, 0) is 37.1 Å². The van der Waals surface area contributed by atoms with Crippen molar-refractivity contribution >= 4 is 17.3 Å². The van der Waals surface area contributed by atoms with Crippen molar-refractivity contribution in [2.45, 2.75) is 26.1 Å². The molecule has 0 aliphatic rings. The van der Waals surface area contributed by atoms with E-state index >= 15 is 0 Å². The van der Waals surface area contributed by atoms with Crippen LogP contribution in [0.3, 0.4) is 0 Å². The van der Waals surface area contributed by atoms with Gasteiger partial charge in [0.2, 0.25) is 0 Å². The van der Waals surface area contributed by atoms with Gasteiger partial charge in [0.05, 0.1) is 0 Å². The number of nitrogens with zero attached hydrogens (tertiary/aromatic N) is 1. The van der Waals surface area contributed by atoms with Crippen LogP contribution < -0.4 is 4.90 Å². The quantitative estimate of drug-likeness (QED) is 0.695. The first-order chi connectivity index (χ1) is 7.21. The molecule has 0 bridgehead atoms. The van der Waals surface area contributed by atoms with Gasteiger partial charge in [-0.25, -0.2) is 4.39 Å². The van der Waals surface area contributed by atoms with Gasteiger partial charge in [-0.1, -0.05) is 6.92 Å². The molecule has 1 rings (SSSR count). The van der Waals surface area contributed by atoms with Crippen LogP contribution in [-0.4, -0.2) is 13.1 Å². The number of alkyl halides is 1. The average molecular weight is 230 g/mol. The maximum atomic E-state index is 13.3. The van der Waals surface area contributed by atoms with Gasteiger partial charge in [0.15, 0.2) is 0 Å². The van der Waals surface area contributed by atoms with Crippen molar-refractivity contribution in [3.63, 3.8) is 0 Å². The SMILES string of the molecule is CCCN(CC)c1cc(F)cc(CCl)c1. The highest BCUT2D eigenvalue weighted by atomic mass is 35.5. The minimum Gasteiger partial charge on any atom is -0.372 e. The summed E-state index contributed by atoms with van der Waals surface area (Å²) < 4.78 is 13.3. The van der Waals surface area contributed by atoms with E-state index in [-0.39, 0.29) is 5.82 Å². The molecule has 0 radical (unpaired) electrons. The molecule has 1 aromatic rings. The van der Waals surface area contributed by atoms with Gasteiger partial charge in [-0.2, -0.15) is 0 Å². The van der Waals surface area contributed by atoms with Crippen LogP contribution in [0.2, 0.25) is 0 Å². The Bertz CT molecular complexity index is 314. The summed E-state index contributed by atoms with van der Waals surface area (Å²) in [5.74, 6) is 0.145. The first kappa shape index (κ1) is 12.3. The molecule has 0 aromatic heterocycles. The fraction of sp³-hybridized carbons (Fsp3) is 0.500. The molecular weight excluding hydrogens is 213 g/mol. The third-order valence-electron chi connectivity index (χ3n) is 2.34. The van der Waals surface area contributed by atoms with Gasteiger partial charge >= 0.3 is 0 Å². The maximum absolute atomic E-state index is 13.3. The van der Waals surface area contributed by atoms with E-state index in [1.54, 1.807) is 6.07 Å². The van der Waals surface area contributed by atoms with Gasteiger partial charge in [-0.3, -0.25) is 0 Å². The summed E-state index contributed by atoms with van der Waals surface area (Å²) >= 11 is 5.71. The van der Waals surface area contributed by atoms with Gasteiger partial charge in [0.25, 0.3) is 0 Å². The molecule has 0 unspecified atom stereocenters. The Labute approximate surface area is 95.8 Å². The predicted octanol–water partition coefficient (Wildman–Crippen LogP) is 3.80. The standard InChI is InChI=1S/C12H17ClFN/c1-3-5-15(4-2)12-7-10(9-13)6-11(14)8-12/h6-8H,3-5,9H2,1-2H3. The fourth-order valence-electron chi connectivity index (χ4n) is 1.63. The van der Waals surface area contributed by atoms with Crippen molar-refractivity contribution in [2.75, 3.05) is 18.0 Å². The van der Waals surface area contributed by atoms with Gasteiger partial charge in [0.1, 0.15) is 5.82 Å². The second-order valence-electron chi connectivity index (χ2n) is 3.53. The zero-order chi connectivity index (χ0) is 11.3. The number of benzene rings is 1. The molecule has 0 saturated carbocycles. The average Bonchev–Trinajstić information content (AvgIpc) is 2.24. The molecule has 1 nitrogen and oxygen atoms in total. The Balaban J connectivity index is 2.95. The lowest BCUT2D eigenvalue weighted by molar-refractivity contribution is 0.625. The number of halogens is 2. The topological polar surface area (TPSA) is 3.24 Å². The lowest BCUT2D eigenvalue weighted by Gasteiger charge is -2.23. The Morgan fingerprint density at radius 2 is 2.00 bits per heavy atom. The van der Waals surface area contributed by atoms with Crippen molar-refractivity contribution in [2.24, 2.45) is 0 Å². The smallest absolute Gasteiger partial charge is 0.125 e. The van der Waals surface area contributed by atoms with Crippen molar-refractivity contribution in [3.05, 3.63) is 29.6 Å². The largest absolute Gasteiger partial charge is 0.372 e. The normalized spacial score (nSPS) is 10.4. The highest BCUT2D eigenvalue weighted by Gasteiger charge is 2.06. The van der Waals surface area contributed by atoms with E-state index in [9.17, 15) is 4.39 Å². The van der Waals surface area contributed by atoms with Crippen LogP contribution in [-0.2, 0) is 5.88 Å². The molecule has 1 aromatic carbocycles. The summed E-state index contributed by atoms with van der Waals surface area (Å²) in [5, 5.41) is 0. The minimum atomic E-state index is -0.210. The monoisotopic (exact) mass is 229 g/mol. The van der Waals surface area contributed by atoms with Crippen molar-refractivity contribution in [1.82, 2.24) is 0 Å². The molecule has 84 valence electrons. The zero-order valence-electron chi connectivity index (χ0n) is 9.26. The van der Waals surface area contributed by atoms with E-state index in [1.807, 2.05) is 6.07 Å². The lowest BCUT2D eigenvalue weighted by Crippen LogP contribution is -2.23. The molecule has 0 heterocycles. The molecule has 0 amide bonds. The predicted molar refractivity (Wildman–Crippen MR) is 64.1 cm³/mol. The van der Waals surface area contributed by atoms with Crippen LogP contribution in [0.15, 0.2) is 18.2 Å². The molecular formula is C12H17ClFN. The van der Waals surface area contributed by atoms with Crippen LogP contribution in [0.5, 0.6) is 0 Å². The van der Waals surface area contributed by atoms with Crippen molar-refractivity contribution < 1.29 is 4.39 Å². The summed E-state index contributed by atoms with van der Waals surface area (Å²) in [6, 6.07) is 5.00. The molecule has 0 aliphatic carbocycles. The molecule has 0 saturated heterocycles. The van der Waals surface area contributed by atoms with E-state index in [1.165, 1.54) is 6.07 Å². The highest BCUT2D eigenvalue weighted by molar-refractivity contribution is 6.17. The van der Waals surface area contributed by atoms with Crippen LogP contribution in [0, 0.1) is 5.82 Å². The molecule has 0 fully saturated rings. The fourth-order valence-corrected chi connectivity index (χ4v) is 1.79. The Morgan fingerprint density at radius 3 is 2.53 bits per heavy atom. The molecule has 15 heavy (non-hydrogen) atoms. The Kier molecular flexibility index (Phi) is 4.89. The summed E-state index contributed by atoms with van der Waals surface area (Å²) in [6.07, 6.45) is 1.06. The third-order valence-corrected chi connectivity index (χ3v) is 2.65. The van der Waals surface area contributed by atoms with E-state index in [0.717, 1.165) is 30.8 Å². The van der Waals surface area contributed by atoms with Crippen molar-refractivity contribution in [3.8, 4) is 0 Å². The second-order valence-corrected chi connectivity index (χ2v) is 3.80. The number of rotatable bonds is 5. The summed E-state index contributed by atoms with van der Waals surface area (Å²) in [6.45, 7) is 6.02.